The van der Waals surface area contributed by atoms with Gasteiger partial charge in [0.15, 0.2) is 5.13 Å². The highest BCUT2D eigenvalue weighted by atomic mass is 32.1. The number of hydrogen-bond acceptors (Lipinski definition) is 5. The molecule has 0 aliphatic rings. The van der Waals surface area contributed by atoms with Gasteiger partial charge in [0.1, 0.15) is 0 Å². The molecule has 0 aliphatic heterocycles. The van der Waals surface area contributed by atoms with Crippen molar-refractivity contribution in [3.8, 4) is 0 Å². The van der Waals surface area contributed by atoms with Crippen LogP contribution < -0.4 is 5.32 Å². The number of nitrogens with one attached hydrogen (secondary N) is 1. The fraction of sp³-hybridized carbons (Fsp3) is 0.333. The van der Waals surface area contributed by atoms with Gasteiger partial charge in [-0.3, -0.25) is 4.79 Å². The molecule has 0 saturated heterocycles. The van der Waals surface area contributed by atoms with Crippen LogP contribution in [0.3, 0.4) is 0 Å². The summed E-state index contributed by atoms with van der Waals surface area (Å²) in [6.07, 6.45) is 0.925. The van der Waals surface area contributed by atoms with E-state index in [0.717, 1.165) is 11.6 Å². The lowest BCUT2D eigenvalue weighted by atomic mass is 10.1. The molecule has 2 aromatic rings. The minimum Gasteiger partial charge on any atom is -0.481 e. The maximum atomic E-state index is 10.6. The van der Waals surface area contributed by atoms with E-state index in [9.17, 15) is 4.79 Å². The van der Waals surface area contributed by atoms with Crippen molar-refractivity contribution in [3.63, 3.8) is 0 Å². The minimum absolute atomic E-state index is 0.0168. The average Bonchev–Trinajstić information content (AvgIpc) is 2.89. The first-order valence-corrected chi connectivity index (χ1v) is 7.39. The Balaban J connectivity index is 1.88. The summed E-state index contributed by atoms with van der Waals surface area (Å²) in [5.41, 5.74) is 1.92. The van der Waals surface area contributed by atoms with E-state index >= 15 is 0 Å². The van der Waals surface area contributed by atoms with E-state index in [2.05, 4.69) is 34.1 Å². The lowest BCUT2D eigenvalue weighted by molar-refractivity contribution is -0.136. The van der Waals surface area contributed by atoms with Crippen molar-refractivity contribution < 1.29 is 9.90 Å². The predicted octanol–water partition coefficient (Wildman–Crippen LogP) is 2.87. The van der Waals surface area contributed by atoms with E-state index in [1.807, 2.05) is 0 Å². The minimum atomic E-state index is -0.849. The zero-order valence-electron chi connectivity index (χ0n) is 9.92. The molecular weight excluding hydrogens is 268 g/mol. The highest BCUT2D eigenvalue weighted by Gasteiger charge is 2.09. The standard InChI is InChI=1S/C12H14N2O2S2/c1-8(4-9-2-3-17-6-9)13-12-14-10(7-18-12)5-11(15)16/h2-3,6-8H,4-5H2,1H3,(H,13,14)(H,15,16). The number of carboxylic acids is 1. The van der Waals surface area contributed by atoms with Crippen LogP contribution >= 0.6 is 22.7 Å². The van der Waals surface area contributed by atoms with Crippen LogP contribution in [0.4, 0.5) is 5.13 Å². The Morgan fingerprint density at radius 3 is 3.06 bits per heavy atom. The molecule has 4 nitrogen and oxygen atoms in total. The molecule has 2 N–H and O–H groups in total. The number of anilines is 1. The molecule has 2 rings (SSSR count). The third kappa shape index (κ3) is 3.82. The molecule has 2 heterocycles. The molecule has 0 fully saturated rings. The van der Waals surface area contributed by atoms with Crippen molar-refractivity contribution >= 4 is 33.8 Å². The number of aliphatic carboxylic acids is 1. The summed E-state index contributed by atoms with van der Waals surface area (Å²) < 4.78 is 0. The second kappa shape index (κ2) is 5.97. The van der Waals surface area contributed by atoms with E-state index in [4.69, 9.17) is 5.11 Å². The monoisotopic (exact) mass is 282 g/mol. The van der Waals surface area contributed by atoms with Crippen LogP contribution in [-0.4, -0.2) is 22.1 Å². The number of aromatic nitrogens is 1. The zero-order chi connectivity index (χ0) is 13.0. The number of carbonyl (C=O) groups is 1. The smallest absolute Gasteiger partial charge is 0.309 e. The van der Waals surface area contributed by atoms with Gasteiger partial charge >= 0.3 is 5.97 Å². The third-order valence-corrected chi connectivity index (χ3v) is 3.93. The van der Waals surface area contributed by atoms with Crippen LogP contribution in [0.15, 0.2) is 22.2 Å². The predicted molar refractivity (Wildman–Crippen MR) is 74.6 cm³/mol. The summed E-state index contributed by atoms with van der Waals surface area (Å²) in [6.45, 7) is 2.09. The molecule has 2 aromatic heterocycles. The fourth-order valence-corrected chi connectivity index (χ4v) is 3.14. The SMILES string of the molecule is CC(Cc1ccsc1)Nc1nc(CC(=O)O)cs1. The van der Waals surface area contributed by atoms with Gasteiger partial charge in [-0.15, -0.1) is 11.3 Å². The molecule has 1 atom stereocenters. The maximum absolute atomic E-state index is 10.6. The van der Waals surface area contributed by atoms with E-state index in [1.54, 1.807) is 16.7 Å². The highest BCUT2D eigenvalue weighted by Crippen LogP contribution is 2.18. The normalized spacial score (nSPS) is 12.3. The number of nitrogens with zero attached hydrogens (tertiary/aromatic N) is 1. The largest absolute Gasteiger partial charge is 0.481 e. The Hall–Kier alpha value is -1.40. The fourth-order valence-electron chi connectivity index (χ4n) is 1.63. The van der Waals surface area contributed by atoms with Gasteiger partial charge in [-0.25, -0.2) is 4.98 Å². The maximum Gasteiger partial charge on any atom is 0.309 e. The molecule has 18 heavy (non-hydrogen) atoms. The summed E-state index contributed by atoms with van der Waals surface area (Å²) in [4.78, 5) is 14.8. The molecular formula is C12H14N2O2S2. The van der Waals surface area contributed by atoms with Crippen LogP contribution in [0.1, 0.15) is 18.2 Å². The van der Waals surface area contributed by atoms with Crippen LogP contribution in [0.2, 0.25) is 0 Å². The quantitative estimate of drug-likeness (QED) is 0.855. The van der Waals surface area contributed by atoms with Gasteiger partial charge < -0.3 is 10.4 Å². The van der Waals surface area contributed by atoms with Crippen molar-refractivity contribution in [1.82, 2.24) is 4.98 Å². The van der Waals surface area contributed by atoms with Crippen molar-refractivity contribution in [2.75, 3.05) is 5.32 Å². The number of carboxylic acid groups (broad SMARTS) is 1. The number of rotatable bonds is 6. The summed E-state index contributed by atoms with van der Waals surface area (Å²) in [7, 11) is 0. The lowest BCUT2D eigenvalue weighted by Crippen LogP contribution is -2.17. The van der Waals surface area contributed by atoms with Crippen molar-refractivity contribution in [2.24, 2.45) is 0 Å². The molecule has 0 bridgehead atoms. The Bertz CT molecular complexity index is 508. The van der Waals surface area contributed by atoms with Gasteiger partial charge in [-0.2, -0.15) is 11.3 Å². The topological polar surface area (TPSA) is 62.2 Å². The second-order valence-electron chi connectivity index (χ2n) is 4.10. The summed E-state index contributed by atoms with van der Waals surface area (Å²) in [6, 6.07) is 2.39. The van der Waals surface area contributed by atoms with Crippen molar-refractivity contribution in [2.45, 2.75) is 25.8 Å². The van der Waals surface area contributed by atoms with Gasteiger partial charge in [0.25, 0.3) is 0 Å². The Morgan fingerprint density at radius 1 is 1.56 bits per heavy atom. The Morgan fingerprint density at radius 2 is 2.39 bits per heavy atom. The molecule has 0 aromatic carbocycles. The van der Waals surface area contributed by atoms with Gasteiger partial charge in [0.05, 0.1) is 12.1 Å². The zero-order valence-corrected chi connectivity index (χ0v) is 11.6. The van der Waals surface area contributed by atoms with Gasteiger partial charge in [-0.05, 0) is 35.7 Å². The lowest BCUT2D eigenvalue weighted by Gasteiger charge is -2.11. The van der Waals surface area contributed by atoms with Crippen molar-refractivity contribution in [1.29, 1.82) is 0 Å². The molecule has 96 valence electrons. The molecule has 0 amide bonds. The molecule has 0 saturated carbocycles. The summed E-state index contributed by atoms with van der Waals surface area (Å²) in [5.74, 6) is -0.849. The van der Waals surface area contributed by atoms with Crippen LogP contribution in [0, 0.1) is 0 Å². The van der Waals surface area contributed by atoms with Gasteiger partial charge in [-0.1, -0.05) is 0 Å². The van der Waals surface area contributed by atoms with Crippen LogP contribution in [0.25, 0.3) is 0 Å². The first-order valence-electron chi connectivity index (χ1n) is 5.57. The Labute approximate surface area is 113 Å². The van der Waals surface area contributed by atoms with E-state index in [0.29, 0.717) is 5.69 Å². The second-order valence-corrected chi connectivity index (χ2v) is 5.73. The van der Waals surface area contributed by atoms with Gasteiger partial charge in [0.2, 0.25) is 0 Å². The number of hydrogen-bond donors (Lipinski definition) is 2. The highest BCUT2D eigenvalue weighted by molar-refractivity contribution is 7.13. The number of thiazole rings is 1. The first kappa shape index (κ1) is 13.0. The third-order valence-electron chi connectivity index (χ3n) is 2.38. The van der Waals surface area contributed by atoms with Gasteiger partial charge in [0, 0.05) is 11.4 Å². The van der Waals surface area contributed by atoms with E-state index in [1.165, 1.54) is 16.9 Å². The molecule has 6 heteroatoms. The molecule has 0 aliphatic carbocycles. The van der Waals surface area contributed by atoms with E-state index in [-0.39, 0.29) is 12.5 Å². The number of thiophene rings is 1. The van der Waals surface area contributed by atoms with Crippen LogP contribution in [-0.2, 0) is 17.6 Å². The molecule has 1 unspecified atom stereocenters. The van der Waals surface area contributed by atoms with E-state index < -0.39 is 5.97 Å². The molecule has 0 spiro atoms. The summed E-state index contributed by atoms with van der Waals surface area (Å²) >= 11 is 3.14. The summed E-state index contributed by atoms with van der Waals surface area (Å²) in [5, 5.41) is 18.7. The van der Waals surface area contributed by atoms with Crippen molar-refractivity contribution in [3.05, 3.63) is 33.5 Å². The first-order chi connectivity index (χ1) is 8.63. The Kier molecular flexibility index (Phi) is 4.33. The average molecular weight is 282 g/mol. The van der Waals surface area contributed by atoms with Crippen LogP contribution in [0.5, 0.6) is 0 Å². The molecule has 0 radical (unpaired) electrons.